The van der Waals surface area contributed by atoms with Crippen molar-refractivity contribution in [3.8, 4) is 5.75 Å². The Kier molecular flexibility index (Phi) is 4.39. The number of hydrogen-bond donors (Lipinski definition) is 1. The molecular formula is C15H16BrNO. The van der Waals surface area contributed by atoms with Gasteiger partial charge in [-0.1, -0.05) is 46.3 Å². The molecule has 0 fully saturated rings. The molecule has 3 heteroatoms. The first-order chi connectivity index (χ1) is 8.66. The van der Waals surface area contributed by atoms with Crippen molar-refractivity contribution in [1.82, 2.24) is 0 Å². The molecule has 2 aromatic carbocycles. The van der Waals surface area contributed by atoms with Crippen LogP contribution in [0.3, 0.4) is 0 Å². The number of halogens is 1. The second kappa shape index (κ2) is 6.03. The molecule has 2 N–H and O–H groups in total. The predicted molar refractivity (Wildman–Crippen MR) is 77.5 cm³/mol. The van der Waals surface area contributed by atoms with E-state index in [-0.39, 0.29) is 6.04 Å². The van der Waals surface area contributed by atoms with Crippen LogP contribution in [0, 0.1) is 0 Å². The fourth-order valence-corrected chi connectivity index (χ4v) is 2.22. The molecule has 0 spiro atoms. The van der Waals surface area contributed by atoms with Gasteiger partial charge in [-0.2, -0.15) is 0 Å². The molecule has 0 aliphatic rings. The number of rotatable bonds is 4. The third-order valence-corrected chi connectivity index (χ3v) is 3.19. The maximum atomic E-state index is 5.92. The Morgan fingerprint density at radius 3 is 2.67 bits per heavy atom. The van der Waals surface area contributed by atoms with E-state index in [1.54, 1.807) is 0 Å². The normalized spacial score (nSPS) is 12.2. The maximum Gasteiger partial charge on any atom is 0.124 e. The third-order valence-electron chi connectivity index (χ3n) is 2.69. The SMILES string of the molecule is CC(N)c1ccccc1OCc1cccc(Br)c1. The molecule has 1 atom stereocenters. The minimum absolute atomic E-state index is 0.0243. The number of nitrogens with two attached hydrogens (primary N) is 1. The highest BCUT2D eigenvalue weighted by atomic mass is 79.9. The zero-order chi connectivity index (χ0) is 13.0. The van der Waals surface area contributed by atoms with Crippen LogP contribution in [0.1, 0.15) is 24.1 Å². The van der Waals surface area contributed by atoms with Crippen LogP contribution in [0.2, 0.25) is 0 Å². The van der Waals surface area contributed by atoms with Crippen LogP contribution in [-0.4, -0.2) is 0 Å². The van der Waals surface area contributed by atoms with Gasteiger partial charge in [0.15, 0.2) is 0 Å². The first-order valence-electron chi connectivity index (χ1n) is 5.88. The lowest BCUT2D eigenvalue weighted by Crippen LogP contribution is -2.07. The van der Waals surface area contributed by atoms with E-state index in [1.165, 1.54) is 0 Å². The summed E-state index contributed by atoms with van der Waals surface area (Å²) in [7, 11) is 0. The fraction of sp³-hybridized carbons (Fsp3) is 0.200. The summed E-state index contributed by atoms with van der Waals surface area (Å²) in [5.41, 5.74) is 8.08. The van der Waals surface area contributed by atoms with Gasteiger partial charge in [0.2, 0.25) is 0 Å². The van der Waals surface area contributed by atoms with Crippen LogP contribution in [-0.2, 0) is 6.61 Å². The Hall–Kier alpha value is -1.32. The summed E-state index contributed by atoms with van der Waals surface area (Å²) in [5.74, 6) is 0.854. The van der Waals surface area contributed by atoms with E-state index in [0.717, 1.165) is 21.3 Å². The highest BCUT2D eigenvalue weighted by Gasteiger charge is 2.07. The second-order valence-electron chi connectivity index (χ2n) is 4.25. The quantitative estimate of drug-likeness (QED) is 0.925. The monoisotopic (exact) mass is 305 g/mol. The summed E-state index contributed by atoms with van der Waals surface area (Å²) in [4.78, 5) is 0. The molecule has 0 aliphatic heterocycles. The van der Waals surface area contributed by atoms with Gasteiger partial charge in [-0.15, -0.1) is 0 Å². The van der Waals surface area contributed by atoms with Crippen LogP contribution in [0.15, 0.2) is 53.0 Å². The number of ether oxygens (including phenoxy) is 1. The van der Waals surface area contributed by atoms with Crippen LogP contribution in [0.25, 0.3) is 0 Å². The topological polar surface area (TPSA) is 35.2 Å². The lowest BCUT2D eigenvalue weighted by Gasteiger charge is -2.13. The standard InChI is InChI=1S/C15H16BrNO/c1-11(17)14-7-2-3-8-15(14)18-10-12-5-4-6-13(16)9-12/h2-9,11H,10,17H2,1H3. The summed E-state index contributed by atoms with van der Waals surface area (Å²) in [6, 6.07) is 16.0. The highest BCUT2D eigenvalue weighted by Crippen LogP contribution is 2.24. The second-order valence-corrected chi connectivity index (χ2v) is 5.16. The smallest absolute Gasteiger partial charge is 0.124 e. The van der Waals surface area contributed by atoms with E-state index in [4.69, 9.17) is 10.5 Å². The van der Waals surface area contributed by atoms with Crippen LogP contribution >= 0.6 is 15.9 Å². The van der Waals surface area contributed by atoms with Crippen molar-refractivity contribution < 1.29 is 4.74 Å². The van der Waals surface area contributed by atoms with Gasteiger partial charge in [-0.25, -0.2) is 0 Å². The van der Waals surface area contributed by atoms with E-state index < -0.39 is 0 Å². The summed E-state index contributed by atoms with van der Waals surface area (Å²) in [6.45, 7) is 2.50. The maximum absolute atomic E-state index is 5.92. The van der Waals surface area contributed by atoms with Crippen LogP contribution in [0.5, 0.6) is 5.75 Å². The highest BCUT2D eigenvalue weighted by molar-refractivity contribution is 9.10. The van der Waals surface area contributed by atoms with Crippen molar-refractivity contribution in [2.75, 3.05) is 0 Å². The lowest BCUT2D eigenvalue weighted by atomic mass is 10.1. The van der Waals surface area contributed by atoms with Gasteiger partial charge in [0.1, 0.15) is 12.4 Å². The average molecular weight is 306 g/mol. The molecule has 0 saturated heterocycles. The minimum atomic E-state index is -0.0243. The van der Waals surface area contributed by atoms with Gasteiger partial charge < -0.3 is 10.5 Å². The Bertz CT molecular complexity index is 525. The van der Waals surface area contributed by atoms with E-state index in [9.17, 15) is 0 Å². The first kappa shape index (κ1) is 13.1. The number of hydrogen-bond acceptors (Lipinski definition) is 2. The zero-order valence-electron chi connectivity index (χ0n) is 10.3. The largest absolute Gasteiger partial charge is 0.489 e. The summed E-state index contributed by atoms with van der Waals surface area (Å²) in [5, 5.41) is 0. The summed E-state index contributed by atoms with van der Waals surface area (Å²) < 4.78 is 6.90. The molecule has 2 rings (SSSR count). The molecule has 94 valence electrons. The molecule has 0 amide bonds. The van der Waals surface area contributed by atoms with Crippen molar-refractivity contribution in [1.29, 1.82) is 0 Å². The molecule has 0 aliphatic carbocycles. The van der Waals surface area contributed by atoms with Crippen LogP contribution in [0.4, 0.5) is 0 Å². The minimum Gasteiger partial charge on any atom is -0.489 e. The average Bonchev–Trinajstić information content (AvgIpc) is 2.37. The fourth-order valence-electron chi connectivity index (χ4n) is 1.78. The Balaban J connectivity index is 2.11. The first-order valence-corrected chi connectivity index (χ1v) is 6.68. The van der Waals surface area contributed by atoms with E-state index in [2.05, 4.69) is 22.0 Å². The molecule has 2 nitrogen and oxygen atoms in total. The molecule has 0 heterocycles. The molecule has 0 bridgehead atoms. The van der Waals surface area contributed by atoms with E-state index >= 15 is 0 Å². The summed E-state index contributed by atoms with van der Waals surface area (Å²) in [6.07, 6.45) is 0. The van der Waals surface area contributed by atoms with Crippen molar-refractivity contribution in [2.24, 2.45) is 5.73 Å². The number of benzene rings is 2. The van der Waals surface area contributed by atoms with Gasteiger partial charge in [0.25, 0.3) is 0 Å². The van der Waals surface area contributed by atoms with Gasteiger partial charge in [-0.3, -0.25) is 0 Å². The van der Waals surface area contributed by atoms with Gasteiger partial charge in [0, 0.05) is 16.1 Å². The molecule has 0 radical (unpaired) electrons. The van der Waals surface area contributed by atoms with Crippen molar-refractivity contribution in [3.05, 3.63) is 64.1 Å². The predicted octanol–water partition coefficient (Wildman–Crippen LogP) is 4.05. The van der Waals surface area contributed by atoms with Crippen molar-refractivity contribution in [3.63, 3.8) is 0 Å². The van der Waals surface area contributed by atoms with Gasteiger partial charge in [0.05, 0.1) is 0 Å². The molecule has 2 aromatic rings. The Labute approximate surface area is 116 Å². The lowest BCUT2D eigenvalue weighted by molar-refractivity contribution is 0.301. The van der Waals surface area contributed by atoms with E-state index in [1.807, 2.05) is 49.4 Å². The molecule has 0 saturated carbocycles. The van der Waals surface area contributed by atoms with Gasteiger partial charge in [-0.05, 0) is 30.7 Å². The van der Waals surface area contributed by atoms with Crippen molar-refractivity contribution in [2.45, 2.75) is 19.6 Å². The Morgan fingerprint density at radius 2 is 1.94 bits per heavy atom. The number of para-hydroxylation sites is 1. The van der Waals surface area contributed by atoms with Crippen LogP contribution < -0.4 is 10.5 Å². The summed E-state index contributed by atoms with van der Waals surface area (Å²) >= 11 is 3.45. The Morgan fingerprint density at radius 1 is 1.17 bits per heavy atom. The molecule has 1 unspecified atom stereocenters. The van der Waals surface area contributed by atoms with E-state index in [0.29, 0.717) is 6.61 Å². The molecular weight excluding hydrogens is 290 g/mol. The van der Waals surface area contributed by atoms with Crippen molar-refractivity contribution >= 4 is 15.9 Å². The zero-order valence-corrected chi connectivity index (χ0v) is 11.9. The van der Waals surface area contributed by atoms with Gasteiger partial charge >= 0.3 is 0 Å². The third kappa shape index (κ3) is 3.34. The molecule has 18 heavy (non-hydrogen) atoms. The molecule has 0 aromatic heterocycles.